The van der Waals surface area contributed by atoms with Gasteiger partial charge in [0.25, 0.3) is 5.91 Å². The Morgan fingerprint density at radius 3 is 2.69 bits per heavy atom. The Kier molecular flexibility index (Phi) is 6.81. The topological polar surface area (TPSA) is 95.3 Å². The van der Waals surface area contributed by atoms with E-state index >= 15 is 0 Å². The molecule has 1 aliphatic rings. The number of rotatable bonds is 6. The normalized spacial score (nSPS) is 15.2. The Labute approximate surface area is 193 Å². The number of amides is 1. The quantitative estimate of drug-likeness (QED) is 0.341. The molecule has 0 aliphatic carbocycles. The van der Waals surface area contributed by atoms with Crippen molar-refractivity contribution in [2.75, 3.05) is 29.0 Å². The van der Waals surface area contributed by atoms with Gasteiger partial charge >= 0.3 is 0 Å². The molecule has 0 radical (unpaired) electrons. The minimum atomic E-state index is -0.180. The van der Waals surface area contributed by atoms with E-state index < -0.39 is 0 Å². The number of anilines is 3. The molecule has 1 saturated heterocycles. The lowest BCUT2D eigenvalue weighted by Crippen LogP contribution is -2.42. The maximum atomic E-state index is 12.5. The molecule has 5 N–H and O–H groups in total. The van der Waals surface area contributed by atoms with Gasteiger partial charge in [-0.1, -0.05) is 18.2 Å². The number of carbonyl (C=O) groups is 1. The predicted octanol–water partition coefficient (Wildman–Crippen LogP) is 3.16. The summed E-state index contributed by atoms with van der Waals surface area (Å²) in [7, 11) is 0. The van der Waals surface area contributed by atoms with E-state index in [1.807, 2.05) is 54.7 Å². The standard InChI is InChI=1S/C24H26N6OS/c25-21-5-1-2-6-22(21)29-23(31)18-7-9-20(10-8-18)30-13-11-19(16-30)28-24(32)27-15-17-4-3-12-26-14-17/h1-10,12,14,19H,11,13,15-16,25H2,(H,29,31)(H2,27,28,32). The van der Waals surface area contributed by atoms with Crippen molar-refractivity contribution in [1.29, 1.82) is 0 Å². The number of benzene rings is 2. The summed E-state index contributed by atoms with van der Waals surface area (Å²) >= 11 is 5.44. The van der Waals surface area contributed by atoms with Crippen LogP contribution in [0, 0.1) is 0 Å². The number of nitrogens with two attached hydrogens (primary N) is 1. The summed E-state index contributed by atoms with van der Waals surface area (Å²) in [5.41, 5.74) is 9.82. The van der Waals surface area contributed by atoms with Gasteiger partial charge in [0.2, 0.25) is 0 Å². The molecule has 4 rings (SSSR count). The summed E-state index contributed by atoms with van der Waals surface area (Å²) in [6.45, 7) is 2.42. The number of carbonyl (C=O) groups excluding carboxylic acids is 1. The molecule has 0 saturated carbocycles. The van der Waals surface area contributed by atoms with Crippen LogP contribution in [0.15, 0.2) is 73.1 Å². The first-order valence-corrected chi connectivity index (χ1v) is 10.9. The highest BCUT2D eigenvalue weighted by atomic mass is 32.1. The zero-order valence-corrected chi connectivity index (χ0v) is 18.4. The highest BCUT2D eigenvalue weighted by Gasteiger charge is 2.23. The van der Waals surface area contributed by atoms with Crippen LogP contribution < -0.4 is 26.6 Å². The van der Waals surface area contributed by atoms with Crippen LogP contribution in [-0.4, -0.2) is 35.1 Å². The van der Waals surface area contributed by atoms with E-state index in [1.54, 1.807) is 18.3 Å². The minimum Gasteiger partial charge on any atom is -0.397 e. The fraction of sp³-hybridized carbons (Fsp3) is 0.208. The molecule has 1 unspecified atom stereocenters. The molecule has 8 heteroatoms. The van der Waals surface area contributed by atoms with Crippen LogP contribution in [0.3, 0.4) is 0 Å². The second-order valence-corrected chi connectivity index (χ2v) is 8.12. The fourth-order valence-corrected chi connectivity index (χ4v) is 3.90. The van der Waals surface area contributed by atoms with Gasteiger partial charge in [0.15, 0.2) is 5.11 Å². The molecule has 0 bridgehead atoms. The van der Waals surface area contributed by atoms with Gasteiger partial charge in [0, 0.05) is 49.3 Å². The molecular formula is C24H26N6OS. The zero-order chi connectivity index (χ0) is 22.3. The maximum Gasteiger partial charge on any atom is 0.255 e. The summed E-state index contributed by atoms with van der Waals surface area (Å²) in [4.78, 5) is 18.9. The number of nitrogens with one attached hydrogen (secondary N) is 3. The smallest absolute Gasteiger partial charge is 0.255 e. The Hall–Kier alpha value is -3.65. The molecule has 7 nitrogen and oxygen atoms in total. The van der Waals surface area contributed by atoms with E-state index in [4.69, 9.17) is 18.0 Å². The molecule has 1 atom stereocenters. The lowest BCUT2D eigenvalue weighted by atomic mass is 10.1. The van der Waals surface area contributed by atoms with Gasteiger partial charge in [-0.3, -0.25) is 9.78 Å². The van der Waals surface area contributed by atoms with Gasteiger partial charge in [0.1, 0.15) is 0 Å². The van der Waals surface area contributed by atoms with E-state index in [-0.39, 0.29) is 11.9 Å². The fourth-order valence-electron chi connectivity index (χ4n) is 3.66. The molecule has 1 amide bonds. The Morgan fingerprint density at radius 1 is 1.12 bits per heavy atom. The number of nitrogen functional groups attached to an aromatic ring is 1. The Bertz CT molecular complexity index is 1070. The monoisotopic (exact) mass is 446 g/mol. The van der Waals surface area contributed by atoms with Crippen LogP contribution in [0.25, 0.3) is 0 Å². The third-order valence-corrected chi connectivity index (χ3v) is 5.67. The lowest BCUT2D eigenvalue weighted by molar-refractivity contribution is 0.102. The van der Waals surface area contributed by atoms with Crippen LogP contribution >= 0.6 is 12.2 Å². The summed E-state index contributed by atoms with van der Waals surface area (Å²) < 4.78 is 0. The van der Waals surface area contributed by atoms with Gasteiger partial charge in [0.05, 0.1) is 11.4 Å². The molecule has 3 aromatic rings. The molecule has 2 aromatic carbocycles. The first-order chi connectivity index (χ1) is 15.6. The second-order valence-electron chi connectivity index (χ2n) is 7.71. The van der Waals surface area contributed by atoms with Crippen molar-refractivity contribution in [2.24, 2.45) is 0 Å². The van der Waals surface area contributed by atoms with Crippen LogP contribution in [-0.2, 0) is 6.54 Å². The zero-order valence-electron chi connectivity index (χ0n) is 17.6. The van der Waals surface area contributed by atoms with Crippen molar-refractivity contribution < 1.29 is 4.79 Å². The van der Waals surface area contributed by atoms with Crippen LogP contribution in [0.1, 0.15) is 22.3 Å². The van der Waals surface area contributed by atoms with Crippen molar-refractivity contribution in [1.82, 2.24) is 15.6 Å². The minimum absolute atomic E-state index is 0.180. The first kappa shape index (κ1) is 21.6. The third-order valence-electron chi connectivity index (χ3n) is 5.40. The van der Waals surface area contributed by atoms with Gasteiger partial charge < -0.3 is 26.6 Å². The molecule has 2 heterocycles. The van der Waals surface area contributed by atoms with Crippen molar-refractivity contribution in [3.8, 4) is 0 Å². The first-order valence-electron chi connectivity index (χ1n) is 10.5. The van der Waals surface area contributed by atoms with Crippen LogP contribution in [0.4, 0.5) is 17.1 Å². The Balaban J connectivity index is 1.27. The third kappa shape index (κ3) is 5.53. The van der Waals surface area contributed by atoms with Crippen molar-refractivity contribution >= 4 is 40.3 Å². The highest BCUT2D eigenvalue weighted by molar-refractivity contribution is 7.80. The summed E-state index contributed by atoms with van der Waals surface area (Å²) in [5, 5.41) is 10.1. The van der Waals surface area contributed by atoms with Crippen LogP contribution in [0.2, 0.25) is 0 Å². The van der Waals surface area contributed by atoms with Crippen LogP contribution in [0.5, 0.6) is 0 Å². The number of thiocarbonyl (C=S) groups is 1. The highest BCUT2D eigenvalue weighted by Crippen LogP contribution is 2.22. The molecule has 32 heavy (non-hydrogen) atoms. The van der Waals surface area contributed by atoms with E-state index in [0.717, 1.165) is 30.8 Å². The predicted molar refractivity (Wildman–Crippen MR) is 133 cm³/mol. The van der Waals surface area contributed by atoms with Crippen molar-refractivity contribution in [2.45, 2.75) is 19.0 Å². The summed E-state index contributed by atoms with van der Waals surface area (Å²) in [6.07, 6.45) is 4.57. The van der Waals surface area contributed by atoms with Crippen molar-refractivity contribution in [3.05, 3.63) is 84.2 Å². The molecule has 0 spiro atoms. The molecular weight excluding hydrogens is 420 g/mol. The summed E-state index contributed by atoms with van der Waals surface area (Å²) in [5.74, 6) is -0.180. The average molecular weight is 447 g/mol. The van der Waals surface area contributed by atoms with E-state index in [2.05, 4.69) is 25.8 Å². The van der Waals surface area contributed by atoms with Gasteiger partial charge in [-0.2, -0.15) is 0 Å². The number of aromatic nitrogens is 1. The van der Waals surface area contributed by atoms with Gasteiger partial charge in [-0.05, 0) is 66.7 Å². The lowest BCUT2D eigenvalue weighted by Gasteiger charge is -2.20. The molecule has 1 fully saturated rings. The number of nitrogens with zero attached hydrogens (tertiary/aromatic N) is 2. The molecule has 164 valence electrons. The van der Waals surface area contributed by atoms with Crippen molar-refractivity contribution in [3.63, 3.8) is 0 Å². The maximum absolute atomic E-state index is 12.5. The SMILES string of the molecule is Nc1ccccc1NC(=O)c1ccc(N2CCC(NC(=S)NCc3cccnc3)C2)cc1. The van der Waals surface area contributed by atoms with E-state index in [9.17, 15) is 4.79 Å². The number of para-hydroxylation sites is 2. The molecule has 1 aliphatic heterocycles. The second kappa shape index (κ2) is 10.1. The number of pyridine rings is 1. The number of hydrogen-bond acceptors (Lipinski definition) is 5. The number of hydrogen-bond donors (Lipinski definition) is 4. The average Bonchev–Trinajstić information content (AvgIpc) is 3.28. The molecule has 1 aromatic heterocycles. The van der Waals surface area contributed by atoms with Gasteiger partial charge in [-0.15, -0.1) is 0 Å². The van der Waals surface area contributed by atoms with E-state index in [0.29, 0.717) is 28.6 Å². The van der Waals surface area contributed by atoms with E-state index in [1.165, 1.54) is 0 Å². The summed E-state index contributed by atoms with van der Waals surface area (Å²) in [6, 6.07) is 19.0. The largest absolute Gasteiger partial charge is 0.397 e. The van der Waals surface area contributed by atoms with Gasteiger partial charge in [-0.25, -0.2) is 0 Å². The Morgan fingerprint density at radius 2 is 1.94 bits per heavy atom.